The van der Waals surface area contributed by atoms with Crippen molar-refractivity contribution in [1.82, 2.24) is 4.98 Å². The lowest BCUT2D eigenvalue weighted by molar-refractivity contribution is 0.0601. The van der Waals surface area contributed by atoms with Gasteiger partial charge < -0.3 is 4.74 Å². The Morgan fingerprint density at radius 2 is 1.95 bits per heavy atom. The van der Waals surface area contributed by atoms with E-state index in [-0.39, 0.29) is 16.7 Å². The first kappa shape index (κ1) is 13.1. The Labute approximate surface area is 106 Å². The summed E-state index contributed by atoms with van der Waals surface area (Å²) in [7, 11) is 1.10. The van der Waals surface area contributed by atoms with E-state index in [0.717, 1.165) is 25.4 Å². The van der Waals surface area contributed by atoms with Crippen molar-refractivity contribution >= 4 is 5.97 Å². The van der Waals surface area contributed by atoms with E-state index in [0.29, 0.717) is 0 Å². The number of ether oxygens (including phenoxy) is 1. The topological polar surface area (TPSA) is 39.2 Å². The fourth-order valence-corrected chi connectivity index (χ4v) is 1.64. The Morgan fingerprint density at radius 1 is 1.21 bits per heavy atom. The lowest BCUT2D eigenvalue weighted by atomic mass is 10.0. The maximum atomic E-state index is 13.7. The molecule has 0 bridgehead atoms. The highest BCUT2D eigenvalue weighted by molar-refractivity contribution is 5.97. The van der Waals surface area contributed by atoms with Crippen LogP contribution in [0.5, 0.6) is 0 Å². The van der Waals surface area contributed by atoms with Gasteiger partial charge in [0.2, 0.25) is 5.95 Å². The zero-order valence-corrected chi connectivity index (χ0v) is 9.78. The van der Waals surface area contributed by atoms with E-state index in [1.165, 1.54) is 12.1 Å². The minimum atomic E-state index is -1.14. The third-order valence-electron chi connectivity index (χ3n) is 2.52. The molecule has 0 aliphatic rings. The molecule has 0 saturated carbocycles. The van der Waals surface area contributed by atoms with Gasteiger partial charge in [0.25, 0.3) is 0 Å². The van der Waals surface area contributed by atoms with Crippen LogP contribution in [-0.4, -0.2) is 18.1 Å². The van der Waals surface area contributed by atoms with E-state index in [1.807, 2.05) is 0 Å². The number of methoxy groups -OCH3 is 1. The van der Waals surface area contributed by atoms with E-state index < -0.39 is 23.6 Å². The molecular weight excluding hydrogens is 259 g/mol. The van der Waals surface area contributed by atoms with Gasteiger partial charge in [0.15, 0.2) is 11.6 Å². The van der Waals surface area contributed by atoms with Gasteiger partial charge >= 0.3 is 5.97 Å². The highest BCUT2D eigenvalue weighted by atomic mass is 19.2. The van der Waals surface area contributed by atoms with Crippen LogP contribution < -0.4 is 0 Å². The van der Waals surface area contributed by atoms with Crippen molar-refractivity contribution < 1.29 is 22.7 Å². The number of nitrogens with zero attached hydrogens (tertiary/aromatic N) is 1. The zero-order chi connectivity index (χ0) is 14.0. The van der Waals surface area contributed by atoms with Crippen molar-refractivity contribution in [2.75, 3.05) is 7.11 Å². The largest absolute Gasteiger partial charge is 0.465 e. The second kappa shape index (κ2) is 5.09. The molecule has 0 fully saturated rings. The molecule has 0 radical (unpaired) electrons. The predicted octanol–water partition coefficient (Wildman–Crippen LogP) is 2.95. The van der Waals surface area contributed by atoms with E-state index in [9.17, 15) is 18.0 Å². The second-order valence-electron chi connectivity index (χ2n) is 3.65. The van der Waals surface area contributed by atoms with Gasteiger partial charge in [-0.3, -0.25) is 0 Å². The van der Waals surface area contributed by atoms with Crippen molar-refractivity contribution in [3.05, 3.63) is 53.6 Å². The molecule has 19 heavy (non-hydrogen) atoms. The lowest BCUT2D eigenvalue weighted by Crippen LogP contribution is -2.06. The van der Waals surface area contributed by atoms with Gasteiger partial charge in [-0.25, -0.2) is 18.6 Å². The van der Waals surface area contributed by atoms with Crippen molar-refractivity contribution in [2.45, 2.75) is 0 Å². The van der Waals surface area contributed by atoms with Crippen LogP contribution in [0.25, 0.3) is 11.1 Å². The Balaban J connectivity index is 2.68. The summed E-state index contributed by atoms with van der Waals surface area (Å²) in [5.41, 5.74) is -0.447. The van der Waals surface area contributed by atoms with Crippen LogP contribution in [0.1, 0.15) is 10.4 Å². The first-order valence-corrected chi connectivity index (χ1v) is 5.23. The second-order valence-corrected chi connectivity index (χ2v) is 3.65. The minimum absolute atomic E-state index is 0.0368. The number of esters is 1. The highest BCUT2D eigenvalue weighted by Crippen LogP contribution is 2.27. The van der Waals surface area contributed by atoms with Crippen LogP contribution in [0.4, 0.5) is 13.2 Å². The molecule has 2 rings (SSSR count). The smallest absolute Gasteiger partial charge is 0.338 e. The van der Waals surface area contributed by atoms with Crippen molar-refractivity contribution in [1.29, 1.82) is 0 Å². The van der Waals surface area contributed by atoms with Gasteiger partial charge in [-0.1, -0.05) is 12.1 Å². The van der Waals surface area contributed by atoms with Crippen molar-refractivity contribution in [3.8, 4) is 11.1 Å². The molecule has 6 heteroatoms. The Hall–Kier alpha value is -2.37. The summed E-state index contributed by atoms with van der Waals surface area (Å²) in [6, 6.07) is 4.29. The van der Waals surface area contributed by atoms with Gasteiger partial charge in [-0.05, 0) is 6.07 Å². The van der Waals surface area contributed by atoms with Gasteiger partial charge in [0.05, 0.1) is 12.7 Å². The molecule has 1 heterocycles. The molecular formula is C13H8F3NO2. The Bertz CT molecular complexity index is 644. The fourth-order valence-electron chi connectivity index (χ4n) is 1.64. The minimum Gasteiger partial charge on any atom is -0.465 e. The normalized spacial score (nSPS) is 10.3. The summed E-state index contributed by atoms with van der Waals surface area (Å²) in [6.45, 7) is 0. The molecule has 0 spiro atoms. The molecule has 1 aromatic heterocycles. The summed E-state index contributed by atoms with van der Waals surface area (Å²) in [6.07, 6.45) is 0.958. The first-order valence-electron chi connectivity index (χ1n) is 5.23. The van der Waals surface area contributed by atoms with E-state index in [1.54, 1.807) is 0 Å². The highest BCUT2D eigenvalue weighted by Gasteiger charge is 2.19. The molecule has 0 unspecified atom stereocenters. The van der Waals surface area contributed by atoms with Gasteiger partial charge in [-0.15, -0.1) is 0 Å². The van der Waals surface area contributed by atoms with Crippen LogP contribution in [-0.2, 0) is 4.74 Å². The lowest BCUT2D eigenvalue weighted by Gasteiger charge is -2.09. The number of hydrogen-bond donors (Lipinski definition) is 0. The standard InChI is InChI=1S/C13H8F3NO2/c1-19-13(18)8-5-11(15)17-6-9(8)7-3-2-4-10(14)12(7)16/h2-6H,1H3. The van der Waals surface area contributed by atoms with E-state index in [2.05, 4.69) is 9.72 Å². The molecule has 0 aliphatic carbocycles. The number of hydrogen-bond acceptors (Lipinski definition) is 3. The molecule has 1 aromatic carbocycles. The van der Waals surface area contributed by atoms with Crippen LogP contribution in [0.15, 0.2) is 30.5 Å². The molecule has 0 N–H and O–H groups in total. The maximum absolute atomic E-state index is 13.7. The number of aromatic nitrogens is 1. The molecule has 2 aromatic rings. The summed E-state index contributed by atoms with van der Waals surface area (Å²) in [5.74, 6) is -3.99. The van der Waals surface area contributed by atoms with Gasteiger partial charge in [0, 0.05) is 23.4 Å². The number of rotatable bonds is 2. The molecule has 98 valence electrons. The van der Waals surface area contributed by atoms with E-state index >= 15 is 0 Å². The van der Waals surface area contributed by atoms with E-state index in [4.69, 9.17) is 0 Å². The van der Waals surface area contributed by atoms with Crippen LogP contribution in [0.3, 0.4) is 0 Å². The monoisotopic (exact) mass is 267 g/mol. The molecule has 0 atom stereocenters. The fraction of sp³-hybridized carbons (Fsp3) is 0.0769. The van der Waals surface area contributed by atoms with Crippen molar-refractivity contribution in [3.63, 3.8) is 0 Å². The SMILES string of the molecule is COC(=O)c1cc(F)ncc1-c1cccc(F)c1F. The molecule has 0 aliphatic heterocycles. The van der Waals surface area contributed by atoms with Crippen molar-refractivity contribution in [2.24, 2.45) is 0 Å². The Kier molecular flexibility index (Phi) is 3.50. The van der Waals surface area contributed by atoms with Crippen LogP contribution in [0.2, 0.25) is 0 Å². The van der Waals surface area contributed by atoms with Gasteiger partial charge in [-0.2, -0.15) is 4.39 Å². The predicted molar refractivity (Wildman–Crippen MR) is 60.9 cm³/mol. The third kappa shape index (κ3) is 2.42. The molecule has 3 nitrogen and oxygen atoms in total. The number of carbonyl (C=O) groups excluding carboxylic acids is 1. The maximum Gasteiger partial charge on any atom is 0.338 e. The van der Waals surface area contributed by atoms with Crippen LogP contribution >= 0.6 is 0 Å². The zero-order valence-electron chi connectivity index (χ0n) is 9.78. The average Bonchev–Trinajstić information content (AvgIpc) is 2.41. The van der Waals surface area contributed by atoms with Crippen LogP contribution in [0, 0.1) is 17.6 Å². The number of carbonyl (C=O) groups is 1. The number of benzene rings is 1. The molecule has 0 saturated heterocycles. The summed E-state index contributed by atoms with van der Waals surface area (Å²) in [5, 5.41) is 0. The van der Waals surface area contributed by atoms with Gasteiger partial charge in [0.1, 0.15) is 0 Å². The summed E-state index contributed by atoms with van der Waals surface area (Å²) in [4.78, 5) is 14.9. The quantitative estimate of drug-likeness (QED) is 0.620. The number of pyridine rings is 1. The summed E-state index contributed by atoms with van der Waals surface area (Å²) >= 11 is 0. The summed E-state index contributed by atoms with van der Waals surface area (Å²) < 4.78 is 44.4. The molecule has 0 amide bonds. The Morgan fingerprint density at radius 3 is 2.63 bits per heavy atom. The third-order valence-corrected chi connectivity index (χ3v) is 2.52. The average molecular weight is 267 g/mol. The first-order chi connectivity index (χ1) is 9.04. The number of halogens is 3.